The molecule has 0 aromatic heterocycles. The monoisotopic (exact) mass is 390 g/mol. The first-order valence-electron chi connectivity index (χ1n) is 10.0. The summed E-state index contributed by atoms with van der Waals surface area (Å²) in [6.07, 6.45) is 0.543. The number of allylic oxidation sites excluding steroid dienone is 2. The molecule has 0 heterocycles. The second-order valence-corrected chi connectivity index (χ2v) is 7.67. The fraction of sp³-hybridized carbons (Fsp3) is 0.143. The molecule has 0 unspecified atom stereocenters. The highest BCUT2D eigenvalue weighted by Gasteiger charge is 2.18. The Morgan fingerprint density at radius 3 is 2.23 bits per heavy atom. The van der Waals surface area contributed by atoms with Gasteiger partial charge in [0.1, 0.15) is 0 Å². The van der Waals surface area contributed by atoms with Crippen molar-refractivity contribution in [2.75, 3.05) is 0 Å². The number of hydrogen-bond acceptors (Lipinski definition) is 2. The Balaban J connectivity index is 2.12. The number of hydrogen-bond donors (Lipinski definition) is 1. The molecule has 3 aromatic carbocycles. The summed E-state index contributed by atoms with van der Waals surface area (Å²) in [5.41, 5.74) is 9.12. The van der Waals surface area contributed by atoms with Gasteiger partial charge in [-0.25, -0.2) is 0 Å². The smallest absolute Gasteiger partial charge is 0.0991 e. The number of nitrogens with zero attached hydrogens (tertiary/aromatic N) is 1. The highest BCUT2D eigenvalue weighted by atomic mass is 14.4. The third-order valence-electron chi connectivity index (χ3n) is 5.30. The summed E-state index contributed by atoms with van der Waals surface area (Å²) in [5.74, 6) is 0. The second kappa shape index (κ2) is 9.20. The molecule has 0 atom stereocenters. The molecule has 0 radical (unpaired) electrons. The van der Waals surface area contributed by atoms with E-state index in [1.165, 1.54) is 5.56 Å². The van der Waals surface area contributed by atoms with Crippen LogP contribution >= 0.6 is 0 Å². The maximum absolute atomic E-state index is 9.50. The summed E-state index contributed by atoms with van der Waals surface area (Å²) >= 11 is 0. The van der Waals surface area contributed by atoms with Gasteiger partial charge in [0, 0.05) is 17.7 Å². The van der Waals surface area contributed by atoms with Gasteiger partial charge in [0.05, 0.1) is 11.6 Å². The normalized spacial score (nSPS) is 10.2. The topological polar surface area (TPSA) is 47.6 Å². The van der Waals surface area contributed by atoms with Crippen molar-refractivity contribution in [3.05, 3.63) is 118 Å². The van der Waals surface area contributed by atoms with Crippen LogP contribution in [0.3, 0.4) is 0 Å². The summed E-state index contributed by atoms with van der Waals surface area (Å²) < 4.78 is 0. The first-order valence-corrected chi connectivity index (χ1v) is 10.0. The van der Waals surface area contributed by atoms with Gasteiger partial charge in [-0.2, -0.15) is 5.26 Å². The highest BCUT2D eigenvalue weighted by molar-refractivity contribution is 6.24. The lowest BCUT2D eigenvalue weighted by atomic mass is 9.85. The van der Waals surface area contributed by atoms with Crippen molar-refractivity contribution < 1.29 is 0 Å². The summed E-state index contributed by atoms with van der Waals surface area (Å²) in [6.45, 7) is 10.5. The first kappa shape index (κ1) is 21.0. The van der Waals surface area contributed by atoms with Crippen LogP contribution in [0.2, 0.25) is 0 Å². The van der Waals surface area contributed by atoms with Crippen molar-refractivity contribution in [1.82, 2.24) is 0 Å². The summed E-state index contributed by atoms with van der Waals surface area (Å²) in [4.78, 5) is 0. The van der Waals surface area contributed by atoms with Crippen molar-refractivity contribution in [2.24, 2.45) is 0 Å². The number of nitrogens with one attached hydrogen (secondary N) is 1. The molecule has 30 heavy (non-hydrogen) atoms. The Hall–Kier alpha value is -3.70. The first-order chi connectivity index (χ1) is 14.4. The van der Waals surface area contributed by atoms with Crippen LogP contribution in [0, 0.1) is 23.7 Å². The Morgan fingerprint density at radius 1 is 0.933 bits per heavy atom. The van der Waals surface area contributed by atoms with E-state index in [-0.39, 0.29) is 0 Å². The van der Waals surface area contributed by atoms with Gasteiger partial charge in [-0.15, -0.1) is 0 Å². The molecule has 148 valence electrons. The molecular formula is C28H26N2. The molecule has 0 spiro atoms. The molecule has 0 amide bonds. The fourth-order valence-corrected chi connectivity index (χ4v) is 3.70. The zero-order chi connectivity index (χ0) is 21.7. The van der Waals surface area contributed by atoms with Crippen LogP contribution in [0.5, 0.6) is 0 Å². The molecule has 0 fully saturated rings. The Morgan fingerprint density at radius 2 is 1.60 bits per heavy atom. The van der Waals surface area contributed by atoms with Gasteiger partial charge >= 0.3 is 0 Å². The Bertz CT molecular complexity index is 1170. The average Bonchev–Trinajstić information content (AvgIpc) is 2.75. The lowest BCUT2D eigenvalue weighted by Crippen LogP contribution is -2.10. The number of nitriles is 1. The zero-order valence-corrected chi connectivity index (χ0v) is 17.8. The predicted octanol–water partition coefficient (Wildman–Crippen LogP) is 6.98. The fourth-order valence-electron chi connectivity index (χ4n) is 3.70. The minimum atomic E-state index is 0.543. The quantitative estimate of drug-likeness (QED) is 0.453. The number of rotatable bonds is 6. The van der Waals surface area contributed by atoms with E-state index in [9.17, 15) is 5.26 Å². The van der Waals surface area contributed by atoms with E-state index >= 15 is 0 Å². The average molecular weight is 391 g/mol. The van der Waals surface area contributed by atoms with Crippen LogP contribution in [0.1, 0.15) is 47.2 Å². The Kier molecular flexibility index (Phi) is 6.45. The van der Waals surface area contributed by atoms with E-state index in [0.717, 1.165) is 39.0 Å². The van der Waals surface area contributed by atoms with Gasteiger partial charge in [-0.3, -0.25) is 0 Å². The van der Waals surface area contributed by atoms with Crippen molar-refractivity contribution in [3.8, 4) is 6.07 Å². The van der Waals surface area contributed by atoms with Crippen molar-refractivity contribution in [3.63, 3.8) is 0 Å². The van der Waals surface area contributed by atoms with Crippen LogP contribution in [0.15, 0.2) is 84.9 Å². The molecule has 0 saturated carbocycles. The minimum absolute atomic E-state index is 0.543. The van der Waals surface area contributed by atoms with Gasteiger partial charge in [0.15, 0.2) is 0 Å². The largest absolute Gasteiger partial charge is 0.304 e. The van der Waals surface area contributed by atoms with E-state index in [1.54, 1.807) is 0 Å². The minimum Gasteiger partial charge on any atom is -0.304 e. The van der Waals surface area contributed by atoms with E-state index in [0.29, 0.717) is 17.7 Å². The second-order valence-electron chi connectivity index (χ2n) is 7.67. The molecule has 3 rings (SSSR count). The van der Waals surface area contributed by atoms with E-state index in [2.05, 4.69) is 31.7 Å². The van der Waals surface area contributed by atoms with Crippen LogP contribution in [-0.4, -0.2) is 5.71 Å². The molecule has 1 N–H and O–H groups in total. The van der Waals surface area contributed by atoms with Gasteiger partial charge < -0.3 is 5.41 Å². The SMILES string of the molecule is C=C(c1ccccc1)c1ccc(C#N)cc1C(C(=N)Cc1ccccc1C)=C(C)C. The molecule has 0 aliphatic heterocycles. The van der Waals surface area contributed by atoms with E-state index in [4.69, 9.17) is 5.41 Å². The van der Waals surface area contributed by atoms with Gasteiger partial charge in [0.2, 0.25) is 0 Å². The van der Waals surface area contributed by atoms with Gasteiger partial charge in [0.25, 0.3) is 0 Å². The lowest BCUT2D eigenvalue weighted by molar-refractivity contribution is 1.23. The molecule has 0 aliphatic rings. The van der Waals surface area contributed by atoms with Crippen LogP contribution in [0.4, 0.5) is 0 Å². The molecule has 0 aliphatic carbocycles. The Labute approximate surface area is 179 Å². The molecule has 2 nitrogen and oxygen atoms in total. The maximum atomic E-state index is 9.50. The lowest BCUT2D eigenvalue weighted by Gasteiger charge is -2.19. The molecular weight excluding hydrogens is 364 g/mol. The van der Waals surface area contributed by atoms with Gasteiger partial charge in [-0.05, 0) is 66.3 Å². The third kappa shape index (κ3) is 4.47. The highest BCUT2D eigenvalue weighted by Crippen LogP contribution is 2.33. The molecule has 0 bridgehead atoms. The number of benzene rings is 3. The van der Waals surface area contributed by atoms with E-state index < -0.39 is 0 Å². The standard InChI is InChI=1S/C28H26N2/c1-19(2)28(27(30)17-24-13-9-8-10-20(24)3)26-16-22(18-29)14-15-25(26)21(4)23-11-6-5-7-12-23/h5-16,30H,4,17H2,1-3H3. The number of aryl methyl sites for hydroxylation is 1. The maximum Gasteiger partial charge on any atom is 0.0991 e. The van der Waals surface area contributed by atoms with Crippen LogP contribution in [0.25, 0.3) is 11.1 Å². The van der Waals surface area contributed by atoms with E-state index in [1.807, 2.05) is 74.5 Å². The zero-order valence-electron chi connectivity index (χ0n) is 17.8. The molecule has 2 heteroatoms. The third-order valence-corrected chi connectivity index (χ3v) is 5.30. The van der Waals surface area contributed by atoms with Crippen molar-refractivity contribution in [1.29, 1.82) is 10.7 Å². The summed E-state index contributed by atoms with van der Waals surface area (Å²) in [7, 11) is 0. The summed E-state index contributed by atoms with van der Waals surface area (Å²) in [6, 6.07) is 26.1. The van der Waals surface area contributed by atoms with Crippen molar-refractivity contribution >= 4 is 16.9 Å². The van der Waals surface area contributed by atoms with Crippen LogP contribution < -0.4 is 0 Å². The van der Waals surface area contributed by atoms with Gasteiger partial charge in [-0.1, -0.05) is 72.8 Å². The molecule has 0 saturated heterocycles. The predicted molar refractivity (Wildman–Crippen MR) is 127 cm³/mol. The van der Waals surface area contributed by atoms with Crippen LogP contribution in [-0.2, 0) is 6.42 Å². The molecule has 3 aromatic rings. The summed E-state index contributed by atoms with van der Waals surface area (Å²) in [5, 5.41) is 18.4. The van der Waals surface area contributed by atoms with Crippen molar-refractivity contribution in [2.45, 2.75) is 27.2 Å².